The van der Waals surface area contributed by atoms with E-state index in [9.17, 15) is 4.79 Å². The number of hydrogen-bond acceptors (Lipinski definition) is 5. The molecule has 23 heavy (non-hydrogen) atoms. The molecule has 2 N–H and O–H groups in total. The number of nitrogens with zero attached hydrogens (tertiary/aromatic N) is 3. The number of amides is 1. The number of carbonyl (C=O) groups is 1. The van der Waals surface area contributed by atoms with Crippen molar-refractivity contribution in [2.24, 2.45) is 0 Å². The normalized spacial score (nSPS) is 10.7. The number of rotatable bonds is 3. The van der Waals surface area contributed by atoms with Crippen LogP contribution < -0.4 is 10.6 Å². The zero-order valence-electron chi connectivity index (χ0n) is 13.6. The van der Waals surface area contributed by atoms with Gasteiger partial charge in [-0.1, -0.05) is 0 Å². The Labute approximate surface area is 135 Å². The molecule has 0 radical (unpaired) electrons. The molecule has 0 spiro atoms. The summed E-state index contributed by atoms with van der Waals surface area (Å²) >= 11 is 0. The molecule has 0 saturated heterocycles. The molecular weight excluding hydrogens is 290 g/mol. The fourth-order valence-corrected chi connectivity index (χ4v) is 1.96. The van der Waals surface area contributed by atoms with Crippen molar-refractivity contribution in [3.8, 4) is 6.07 Å². The highest BCUT2D eigenvalue weighted by Gasteiger charge is 2.15. The predicted octanol–water partition coefficient (Wildman–Crippen LogP) is 3.12. The van der Waals surface area contributed by atoms with Gasteiger partial charge in [-0.3, -0.25) is 4.79 Å². The molecule has 0 aliphatic heterocycles. The van der Waals surface area contributed by atoms with Crippen LogP contribution in [0.2, 0.25) is 0 Å². The van der Waals surface area contributed by atoms with Crippen LogP contribution in [0.3, 0.4) is 0 Å². The summed E-state index contributed by atoms with van der Waals surface area (Å²) in [5.41, 5.74) is 1.27. The third-order valence-electron chi connectivity index (χ3n) is 2.85. The van der Waals surface area contributed by atoms with Crippen LogP contribution in [0.15, 0.2) is 30.3 Å². The van der Waals surface area contributed by atoms with Gasteiger partial charge in [-0.2, -0.15) is 5.26 Å². The summed E-state index contributed by atoms with van der Waals surface area (Å²) in [6, 6.07) is 10.3. The fraction of sp³-hybridized carbons (Fsp3) is 0.294. The van der Waals surface area contributed by atoms with E-state index in [4.69, 9.17) is 5.26 Å². The van der Waals surface area contributed by atoms with Gasteiger partial charge in [0.05, 0.1) is 11.6 Å². The Morgan fingerprint density at radius 3 is 2.39 bits per heavy atom. The lowest BCUT2D eigenvalue weighted by Gasteiger charge is -2.21. The first-order valence-corrected chi connectivity index (χ1v) is 7.22. The van der Waals surface area contributed by atoms with E-state index in [1.165, 1.54) is 0 Å². The van der Waals surface area contributed by atoms with Gasteiger partial charge in [-0.05, 0) is 52.0 Å². The number of aromatic nitrogens is 2. The Hall–Kier alpha value is -2.94. The molecule has 118 valence electrons. The van der Waals surface area contributed by atoms with Gasteiger partial charge in [0.25, 0.3) is 5.91 Å². The Kier molecular flexibility index (Phi) is 4.60. The van der Waals surface area contributed by atoms with Gasteiger partial charge in [0.2, 0.25) is 0 Å². The molecular formula is C17H19N5O. The highest BCUT2D eigenvalue weighted by molar-refractivity contribution is 6.03. The summed E-state index contributed by atoms with van der Waals surface area (Å²) in [5, 5.41) is 14.8. The zero-order valence-corrected chi connectivity index (χ0v) is 13.6. The first-order valence-electron chi connectivity index (χ1n) is 7.22. The zero-order chi connectivity index (χ0) is 17.0. The number of benzene rings is 1. The number of aryl methyl sites for hydroxylation is 1. The van der Waals surface area contributed by atoms with Crippen molar-refractivity contribution in [2.45, 2.75) is 33.2 Å². The summed E-state index contributed by atoms with van der Waals surface area (Å²) in [6.07, 6.45) is 0. The van der Waals surface area contributed by atoms with Crippen molar-refractivity contribution in [1.29, 1.82) is 5.26 Å². The van der Waals surface area contributed by atoms with Gasteiger partial charge in [-0.25, -0.2) is 9.97 Å². The fourth-order valence-electron chi connectivity index (χ4n) is 1.96. The molecule has 2 rings (SSSR count). The van der Waals surface area contributed by atoms with Gasteiger partial charge in [0.15, 0.2) is 0 Å². The summed E-state index contributed by atoms with van der Waals surface area (Å²) < 4.78 is 0. The Morgan fingerprint density at radius 1 is 1.17 bits per heavy atom. The van der Waals surface area contributed by atoms with Crippen molar-refractivity contribution in [3.05, 3.63) is 47.4 Å². The van der Waals surface area contributed by atoms with Crippen molar-refractivity contribution in [2.75, 3.05) is 10.6 Å². The summed E-state index contributed by atoms with van der Waals surface area (Å²) in [6.45, 7) is 7.79. The number of carbonyl (C=O) groups excluding carboxylic acids is 1. The minimum absolute atomic E-state index is 0.165. The second-order valence-corrected chi connectivity index (χ2v) is 6.20. The van der Waals surface area contributed by atoms with Crippen LogP contribution >= 0.6 is 0 Å². The van der Waals surface area contributed by atoms with Crippen molar-refractivity contribution >= 4 is 17.4 Å². The molecule has 2 aromatic rings. The Bertz CT molecular complexity index is 754. The average Bonchev–Trinajstić information content (AvgIpc) is 2.45. The standard InChI is InChI=1S/C17H19N5O/c1-11-19-14(9-15(20-11)22-17(2,3)4)16(23)21-13-7-5-12(10-18)6-8-13/h5-9H,1-4H3,(H,21,23)(H,19,20,22). The second-order valence-electron chi connectivity index (χ2n) is 6.20. The molecule has 6 heteroatoms. The van der Waals surface area contributed by atoms with Gasteiger partial charge in [-0.15, -0.1) is 0 Å². The Morgan fingerprint density at radius 2 is 1.83 bits per heavy atom. The molecule has 1 heterocycles. The van der Waals surface area contributed by atoms with Crippen molar-refractivity contribution in [3.63, 3.8) is 0 Å². The van der Waals surface area contributed by atoms with E-state index in [2.05, 4.69) is 20.6 Å². The maximum Gasteiger partial charge on any atom is 0.274 e. The highest BCUT2D eigenvalue weighted by Crippen LogP contribution is 2.15. The summed E-state index contributed by atoms with van der Waals surface area (Å²) in [7, 11) is 0. The monoisotopic (exact) mass is 309 g/mol. The first kappa shape index (κ1) is 16.4. The molecule has 1 amide bonds. The van der Waals surface area contributed by atoms with Crippen LogP contribution in [-0.4, -0.2) is 21.4 Å². The predicted molar refractivity (Wildman–Crippen MR) is 89.3 cm³/mol. The number of nitriles is 1. The third kappa shape index (κ3) is 4.78. The van der Waals surface area contributed by atoms with E-state index >= 15 is 0 Å². The van der Waals surface area contributed by atoms with Crippen LogP contribution in [0.25, 0.3) is 0 Å². The molecule has 0 fully saturated rings. The van der Waals surface area contributed by atoms with Crippen LogP contribution in [0.4, 0.5) is 11.5 Å². The van der Waals surface area contributed by atoms with Crippen LogP contribution in [0, 0.1) is 18.3 Å². The molecule has 0 unspecified atom stereocenters. The molecule has 0 bridgehead atoms. The lowest BCUT2D eigenvalue weighted by Crippen LogP contribution is -2.27. The molecule has 0 saturated carbocycles. The minimum atomic E-state index is -0.322. The van der Waals surface area contributed by atoms with Gasteiger partial charge in [0, 0.05) is 17.3 Å². The molecule has 1 aromatic carbocycles. The van der Waals surface area contributed by atoms with E-state index in [1.807, 2.05) is 26.8 Å². The summed E-state index contributed by atoms with van der Waals surface area (Å²) in [4.78, 5) is 20.8. The van der Waals surface area contributed by atoms with Crippen molar-refractivity contribution < 1.29 is 4.79 Å². The van der Waals surface area contributed by atoms with Gasteiger partial charge < -0.3 is 10.6 Å². The largest absolute Gasteiger partial charge is 0.365 e. The van der Waals surface area contributed by atoms with Gasteiger partial charge >= 0.3 is 0 Å². The highest BCUT2D eigenvalue weighted by atomic mass is 16.1. The van der Waals surface area contributed by atoms with E-state index in [-0.39, 0.29) is 17.1 Å². The molecule has 1 aromatic heterocycles. The maximum absolute atomic E-state index is 12.3. The van der Waals surface area contributed by atoms with E-state index in [0.717, 1.165) is 0 Å². The number of nitrogens with one attached hydrogen (secondary N) is 2. The lowest BCUT2D eigenvalue weighted by atomic mass is 10.1. The minimum Gasteiger partial charge on any atom is -0.365 e. The average molecular weight is 309 g/mol. The van der Waals surface area contributed by atoms with E-state index in [1.54, 1.807) is 37.3 Å². The second kappa shape index (κ2) is 6.44. The van der Waals surface area contributed by atoms with Crippen molar-refractivity contribution in [1.82, 2.24) is 9.97 Å². The van der Waals surface area contributed by atoms with E-state index < -0.39 is 0 Å². The third-order valence-corrected chi connectivity index (χ3v) is 2.85. The topological polar surface area (TPSA) is 90.7 Å². The van der Waals surface area contributed by atoms with E-state index in [0.29, 0.717) is 22.9 Å². The van der Waals surface area contributed by atoms with Crippen LogP contribution in [-0.2, 0) is 0 Å². The summed E-state index contributed by atoms with van der Waals surface area (Å²) in [5.74, 6) is 0.802. The molecule has 6 nitrogen and oxygen atoms in total. The quantitative estimate of drug-likeness (QED) is 0.909. The maximum atomic E-state index is 12.3. The lowest BCUT2D eigenvalue weighted by molar-refractivity contribution is 0.102. The number of hydrogen-bond donors (Lipinski definition) is 2. The molecule has 0 aliphatic carbocycles. The van der Waals surface area contributed by atoms with Gasteiger partial charge in [0.1, 0.15) is 17.3 Å². The first-order chi connectivity index (χ1) is 10.8. The SMILES string of the molecule is Cc1nc(NC(C)(C)C)cc(C(=O)Nc2ccc(C#N)cc2)n1. The molecule has 0 aliphatic rings. The smallest absolute Gasteiger partial charge is 0.274 e. The number of anilines is 2. The van der Waals surface area contributed by atoms with Crippen LogP contribution in [0.1, 0.15) is 42.6 Å². The molecule has 0 atom stereocenters. The Balaban J connectivity index is 2.19. The van der Waals surface area contributed by atoms with Crippen LogP contribution in [0.5, 0.6) is 0 Å².